The fraction of sp³-hybridized carbons (Fsp3) is 0.643. The molecule has 24 heteroatoms. The molecule has 1 aromatic rings. The minimum atomic E-state index is -9.03. The lowest BCUT2D eigenvalue weighted by molar-refractivity contribution is -0.476. The third kappa shape index (κ3) is 4.55. The van der Waals surface area contributed by atoms with E-state index in [4.69, 9.17) is 10.0 Å². The Hall–Kier alpha value is -2.40. The molecule has 0 aliphatic carbocycles. The lowest BCUT2D eigenvalue weighted by Crippen LogP contribution is -2.76. The molecule has 0 saturated heterocycles. The van der Waals surface area contributed by atoms with Crippen LogP contribution in [0.4, 0.5) is 83.4 Å². The van der Waals surface area contributed by atoms with Gasteiger partial charge in [-0.3, -0.25) is 0 Å². The van der Waals surface area contributed by atoms with Crippen molar-refractivity contribution >= 4 is 12.6 Å². The summed E-state index contributed by atoms with van der Waals surface area (Å²) >= 11 is 0. The molecule has 0 aliphatic heterocycles. The van der Waals surface area contributed by atoms with Gasteiger partial charge >= 0.3 is 60.9 Å². The third-order valence-electron chi connectivity index (χ3n) is 4.38. The van der Waals surface area contributed by atoms with Crippen LogP contribution in [0.5, 0.6) is 5.88 Å². The van der Waals surface area contributed by atoms with Gasteiger partial charge in [-0.25, -0.2) is 4.98 Å². The van der Waals surface area contributed by atoms with Crippen LogP contribution in [0.2, 0.25) is 0 Å². The van der Waals surface area contributed by atoms with Crippen molar-refractivity contribution < 1.29 is 98.2 Å². The monoisotopic (exact) mass is 607 g/mol. The third-order valence-corrected chi connectivity index (χ3v) is 4.38. The molecule has 0 fully saturated rings. The highest BCUT2D eigenvalue weighted by atomic mass is 19.4. The van der Waals surface area contributed by atoms with Gasteiger partial charge in [0.15, 0.2) is 0 Å². The number of halogens is 19. The molecule has 2 N–H and O–H groups in total. The molecule has 0 atom stereocenters. The lowest BCUT2D eigenvalue weighted by Gasteiger charge is -2.43. The molecule has 220 valence electrons. The highest BCUT2D eigenvalue weighted by molar-refractivity contribution is 6.58. The van der Waals surface area contributed by atoms with Gasteiger partial charge in [0.05, 0.1) is 0 Å². The summed E-state index contributed by atoms with van der Waals surface area (Å²) in [6.45, 7) is 0. The van der Waals surface area contributed by atoms with Gasteiger partial charge in [0, 0.05) is 17.7 Å². The van der Waals surface area contributed by atoms with E-state index >= 15 is 0 Å². The van der Waals surface area contributed by atoms with E-state index in [1.807, 2.05) is 0 Å². The molecular weight excluding hydrogens is 602 g/mol. The van der Waals surface area contributed by atoms with Gasteiger partial charge in [-0.15, -0.1) is 0 Å². The molecule has 0 amide bonds. The van der Waals surface area contributed by atoms with Crippen molar-refractivity contribution in [3.05, 3.63) is 18.3 Å². The van der Waals surface area contributed by atoms with Crippen LogP contribution < -0.4 is 10.2 Å². The van der Waals surface area contributed by atoms with E-state index in [2.05, 4.69) is 9.72 Å². The first-order valence-corrected chi connectivity index (χ1v) is 8.49. The molecule has 0 aliphatic rings. The first-order chi connectivity index (χ1) is 16.4. The Labute approximate surface area is 195 Å². The topological polar surface area (TPSA) is 62.6 Å². The highest BCUT2D eigenvalue weighted by Crippen LogP contribution is 2.65. The standard InChI is InChI=1S/C14H5BF19NO3/c16-6(17,7(18,19)9(22,23)11(26,27)13(30,31)32)8(20,21)10(24,25)12(28,29)14(33,34)38-5-2-1-4(3-35-5)15(36)37/h1-3,36-37H. The molecule has 1 aromatic heterocycles. The quantitative estimate of drug-likeness (QED) is 0.298. The second-order valence-corrected chi connectivity index (χ2v) is 6.94. The number of alkyl halides is 19. The first-order valence-electron chi connectivity index (χ1n) is 8.49. The SMILES string of the molecule is OB(O)c1ccc(OC(F)(F)C(F)(F)C(F)(F)C(F)(F)C(F)(F)C(F)(F)C(F)(F)C(F)(F)C(F)(F)F)nc1. The second kappa shape index (κ2) is 9.08. The number of nitrogens with zero attached hydrogens (tertiary/aromatic N) is 1. The van der Waals surface area contributed by atoms with Gasteiger partial charge in [0.1, 0.15) is 0 Å². The van der Waals surface area contributed by atoms with Crippen LogP contribution in [-0.2, 0) is 0 Å². The second-order valence-electron chi connectivity index (χ2n) is 6.94. The zero-order valence-corrected chi connectivity index (χ0v) is 16.7. The van der Waals surface area contributed by atoms with Crippen LogP contribution in [0.25, 0.3) is 0 Å². The first kappa shape index (κ1) is 33.6. The zero-order valence-electron chi connectivity index (χ0n) is 16.7. The van der Waals surface area contributed by atoms with Gasteiger partial charge in [0.25, 0.3) is 0 Å². The zero-order chi connectivity index (χ0) is 30.8. The highest BCUT2D eigenvalue weighted by Gasteiger charge is 2.97. The maximum atomic E-state index is 13.7. The Morgan fingerprint density at radius 2 is 0.868 bits per heavy atom. The van der Waals surface area contributed by atoms with Crippen molar-refractivity contribution in [2.75, 3.05) is 0 Å². The Morgan fingerprint density at radius 1 is 0.526 bits per heavy atom. The number of pyridine rings is 1. The average molecular weight is 607 g/mol. The van der Waals surface area contributed by atoms with E-state index in [-0.39, 0.29) is 18.3 Å². The maximum absolute atomic E-state index is 13.7. The predicted octanol–water partition coefficient (Wildman–Crippen LogP) is 4.74. The van der Waals surface area contributed by atoms with E-state index in [0.717, 1.165) is 0 Å². The summed E-state index contributed by atoms with van der Waals surface area (Å²) in [5.74, 6) is -63.0. The maximum Gasteiger partial charge on any atom is 0.490 e. The van der Waals surface area contributed by atoms with Gasteiger partial charge in [0.2, 0.25) is 5.88 Å². The molecule has 0 unspecified atom stereocenters. The molecule has 0 radical (unpaired) electrons. The Morgan fingerprint density at radius 3 is 1.16 bits per heavy atom. The smallest absolute Gasteiger partial charge is 0.423 e. The lowest BCUT2D eigenvalue weighted by atomic mass is 9.82. The molecule has 1 heterocycles. The summed E-state index contributed by atoms with van der Waals surface area (Å²) in [4.78, 5) is 2.57. The van der Waals surface area contributed by atoms with E-state index < -0.39 is 72.2 Å². The molecule has 1 rings (SSSR count). The Balaban J connectivity index is 3.61. The molecule has 0 aromatic carbocycles. The van der Waals surface area contributed by atoms with Crippen molar-refractivity contribution in [2.24, 2.45) is 0 Å². The molecular formula is C14H5BF19NO3. The molecule has 0 spiro atoms. The van der Waals surface area contributed by atoms with Crippen LogP contribution in [0, 0.1) is 0 Å². The summed E-state index contributed by atoms with van der Waals surface area (Å²) in [7, 11) is -2.44. The van der Waals surface area contributed by atoms with Crippen molar-refractivity contribution in [2.45, 2.75) is 53.7 Å². The minimum Gasteiger partial charge on any atom is -0.423 e. The summed E-state index contributed by atoms with van der Waals surface area (Å²) in [6, 6.07) is 0.184. The number of hydrogen-bond donors (Lipinski definition) is 2. The van der Waals surface area contributed by atoms with Crippen molar-refractivity contribution in [3.8, 4) is 5.88 Å². The van der Waals surface area contributed by atoms with Gasteiger partial charge in [-0.1, -0.05) is 6.07 Å². The minimum absolute atomic E-state index is 0.0819. The summed E-state index contributed by atoms with van der Waals surface area (Å²) in [5, 5.41) is 17.4. The predicted molar refractivity (Wildman–Crippen MR) is 80.3 cm³/mol. The Kier molecular flexibility index (Phi) is 8.04. The fourth-order valence-corrected chi connectivity index (χ4v) is 2.15. The average Bonchev–Trinajstić information content (AvgIpc) is 2.71. The summed E-state index contributed by atoms with van der Waals surface area (Å²) < 4.78 is 254. The molecule has 4 nitrogen and oxygen atoms in total. The van der Waals surface area contributed by atoms with E-state index in [1.54, 1.807) is 0 Å². The van der Waals surface area contributed by atoms with Gasteiger partial charge in [-0.2, -0.15) is 83.4 Å². The van der Waals surface area contributed by atoms with Crippen LogP contribution in [0.1, 0.15) is 0 Å². The van der Waals surface area contributed by atoms with E-state index in [9.17, 15) is 83.4 Å². The fourth-order valence-electron chi connectivity index (χ4n) is 2.15. The van der Waals surface area contributed by atoms with Crippen LogP contribution in [-0.4, -0.2) is 75.9 Å². The molecule has 38 heavy (non-hydrogen) atoms. The number of rotatable bonds is 10. The van der Waals surface area contributed by atoms with Crippen LogP contribution in [0.3, 0.4) is 0 Å². The Bertz CT molecular complexity index is 991. The van der Waals surface area contributed by atoms with E-state index in [0.29, 0.717) is 0 Å². The van der Waals surface area contributed by atoms with Crippen molar-refractivity contribution in [1.82, 2.24) is 4.98 Å². The van der Waals surface area contributed by atoms with Crippen LogP contribution >= 0.6 is 0 Å². The van der Waals surface area contributed by atoms with Crippen molar-refractivity contribution in [1.29, 1.82) is 0 Å². The van der Waals surface area contributed by atoms with Gasteiger partial charge in [-0.05, 0) is 0 Å². The van der Waals surface area contributed by atoms with Crippen LogP contribution in [0.15, 0.2) is 18.3 Å². The largest absolute Gasteiger partial charge is 0.490 e. The normalized spacial score (nSPS) is 15.5. The van der Waals surface area contributed by atoms with E-state index in [1.165, 1.54) is 0 Å². The molecule has 0 saturated carbocycles. The van der Waals surface area contributed by atoms with Gasteiger partial charge < -0.3 is 14.8 Å². The number of hydrogen-bond acceptors (Lipinski definition) is 4. The molecule has 0 bridgehead atoms. The number of ether oxygens (including phenoxy) is 1. The van der Waals surface area contributed by atoms with Crippen molar-refractivity contribution in [3.63, 3.8) is 0 Å². The number of aromatic nitrogens is 1. The summed E-state index contributed by atoms with van der Waals surface area (Å²) in [5.41, 5.74) is -0.747. The summed E-state index contributed by atoms with van der Waals surface area (Å²) in [6.07, 6.45) is -15.1.